The van der Waals surface area contributed by atoms with Crippen LogP contribution in [0.25, 0.3) is 0 Å². The predicted octanol–water partition coefficient (Wildman–Crippen LogP) is 1.58. The van der Waals surface area contributed by atoms with E-state index >= 15 is 0 Å². The van der Waals surface area contributed by atoms with Crippen molar-refractivity contribution in [2.45, 2.75) is 25.4 Å². The van der Waals surface area contributed by atoms with Gasteiger partial charge in [-0.05, 0) is 37.0 Å². The van der Waals surface area contributed by atoms with Crippen molar-refractivity contribution >= 4 is 0 Å². The first-order valence-corrected chi connectivity index (χ1v) is 4.66. The molecular weight excluding hydrogens is 136 g/mol. The summed E-state index contributed by atoms with van der Waals surface area (Å²) in [6.45, 7) is 4.11. The third-order valence-corrected chi connectivity index (χ3v) is 4.16. The number of aliphatic hydroxyl groups is 1. The molecule has 0 radical (unpaired) electrons. The van der Waals surface area contributed by atoms with E-state index in [9.17, 15) is 5.11 Å². The Bertz CT molecular complexity index is 219. The van der Waals surface area contributed by atoms with E-state index in [1.54, 1.807) is 0 Å². The number of aliphatic hydroxyl groups excluding tert-OH is 1. The van der Waals surface area contributed by atoms with Gasteiger partial charge in [-0.1, -0.05) is 12.2 Å². The summed E-state index contributed by atoms with van der Waals surface area (Å²) in [5, 5.41) is 9.82. The van der Waals surface area contributed by atoms with E-state index < -0.39 is 0 Å². The summed E-state index contributed by atoms with van der Waals surface area (Å²) in [5.41, 5.74) is 1.38. The molecule has 4 fully saturated rings. The molecule has 1 nitrogen and oxygen atoms in total. The van der Waals surface area contributed by atoms with E-state index in [1.165, 1.54) is 24.8 Å². The van der Waals surface area contributed by atoms with Crippen LogP contribution in [0.5, 0.6) is 0 Å². The summed E-state index contributed by atoms with van der Waals surface area (Å²) < 4.78 is 0. The highest BCUT2D eigenvalue weighted by Gasteiger charge is 2.57. The van der Waals surface area contributed by atoms with Crippen molar-refractivity contribution < 1.29 is 5.11 Å². The summed E-state index contributed by atoms with van der Waals surface area (Å²) in [6, 6.07) is 0. The Morgan fingerprint density at radius 3 is 2.64 bits per heavy atom. The smallest absolute Gasteiger partial charge is 0.0641 e. The van der Waals surface area contributed by atoms with E-state index in [4.69, 9.17) is 0 Å². The zero-order valence-corrected chi connectivity index (χ0v) is 6.66. The van der Waals surface area contributed by atoms with Gasteiger partial charge in [-0.25, -0.2) is 0 Å². The van der Waals surface area contributed by atoms with Crippen molar-refractivity contribution in [3.8, 4) is 0 Å². The summed E-state index contributed by atoms with van der Waals surface area (Å²) >= 11 is 0. The van der Waals surface area contributed by atoms with Gasteiger partial charge in [0.15, 0.2) is 0 Å². The second-order valence-corrected chi connectivity index (χ2v) is 4.43. The molecule has 0 spiro atoms. The molecule has 0 amide bonds. The maximum absolute atomic E-state index is 9.82. The van der Waals surface area contributed by atoms with Gasteiger partial charge in [0.1, 0.15) is 0 Å². The average Bonchev–Trinajstić information content (AvgIpc) is 2.38. The highest BCUT2D eigenvalue weighted by atomic mass is 16.3. The van der Waals surface area contributed by atoms with Crippen LogP contribution in [-0.4, -0.2) is 11.2 Å². The molecule has 4 bridgehead atoms. The van der Waals surface area contributed by atoms with Crippen LogP contribution in [0, 0.1) is 23.7 Å². The molecule has 4 rings (SSSR count). The fourth-order valence-corrected chi connectivity index (χ4v) is 3.70. The summed E-state index contributed by atoms with van der Waals surface area (Å²) in [7, 11) is 0. The van der Waals surface area contributed by atoms with Crippen molar-refractivity contribution in [1.29, 1.82) is 0 Å². The molecule has 0 aromatic heterocycles. The minimum Gasteiger partial charge on any atom is -0.392 e. The number of rotatable bonds is 0. The molecule has 0 aliphatic heterocycles. The van der Waals surface area contributed by atoms with Gasteiger partial charge in [0.05, 0.1) is 6.10 Å². The first-order chi connectivity index (χ1) is 5.29. The van der Waals surface area contributed by atoms with Gasteiger partial charge < -0.3 is 5.11 Å². The van der Waals surface area contributed by atoms with Gasteiger partial charge in [-0.3, -0.25) is 0 Å². The lowest BCUT2D eigenvalue weighted by molar-refractivity contribution is -0.00937. The van der Waals surface area contributed by atoms with E-state index in [2.05, 4.69) is 6.58 Å². The van der Waals surface area contributed by atoms with Crippen LogP contribution in [-0.2, 0) is 0 Å². The van der Waals surface area contributed by atoms with Gasteiger partial charge in [-0.2, -0.15) is 0 Å². The van der Waals surface area contributed by atoms with Gasteiger partial charge in [0, 0.05) is 5.92 Å². The van der Waals surface area contributed by atoms with Crippen LogP contribution in [0.1, 0.15) is 19.3 Å². The standard InChI is InChI=1S/C10H14O/c1-5-8-4-6-2-3-7(8)10(11)9(5)6/h6-11H,1-4H2. The minimum absolute atomic E-state index is 0.0139. The Labute approximate surface area is 67.1 Å². The molecule has 0 heterocycles. The Kier molecular flexibility index (Phi) is 0.972. The zero-order valence-electron chi connectivity index (χ0n) is 6.66. The van der Waals surface area contributed by atoms with Gasteiger partial charge in [-0.15, -0.1) is 0 Å². The second kappa shape index (κ2) is 1.71. The summed E-state index contributed by atoms with van der Waals surface area (Å²) in [4.78, 5) is 0. The molecule has 0 saturated heterocycles. The van der Waals surface area contributed by atoms with E-state index in [0.29, 0.717) is 17.8 Å². The number of fused-ring (bicyclic) bond motifs is 1. The molecule has 1 N–H and O–H groups in total. The van der Waals surface area contributed by atoms with E-state index in [-0.39, 0.29) is 6.10 Å². The lowest BCUT2D eigenvalue weighted by Crippen LogP contribution is -2.37. The second-order valence-electron chi connectivity index (χ2n) is 4.43. The van der Waals surface area contributed by atoms with Gasteiger partial charge >= 0.3 is 0 Å². The largest absolute Gasteiger partial charge is 0.392 e. The topological polar surface area (TPSA) is 20.2 Å². The third-order valence-electron chi connectivity index (χ3n) is 4.16. The molecule has 11 heavy (non-hydrogen) atoms. The highest BCUT2D eigenvalue weighted by Crippen LogP contribution is 2.61. The van der Waals surface area contributed by atoms with Crippen molar-refractivity contribution in [1.82, 2.24) is 0 Å². The molecule has 1 heteroatoms. The molecule has 4 aliphatic carbocycles. The van der Waals surface area contributed by atoms with Crippen LogP contribution in [0.4, 0.5) is 0 Å². The van der Waals surface area contributed by atoms with Crippen molar-refractivity contribution in [2.75, 3.05) is 0 Å². The fraction of sp³-hybridized carbons (Fsp3) is 0.800. The minimum atomic E-state index is -0.0139. The van der Waals surface area contributed by atoms with Gasteiger partial charge in [0.2, 0.25) is 0 Å². The van der Waals surface area contributed by atoms with Crippen LogP contribution in [0.15, 0.2) is 12.2 Å². The fourth-order valence-electron chi connectivity index (χ4n) is 3.70. The molecule has 0 aromatic carbocycles. The van der Waals surface area contributed by atoms with Crippen LogP contribution >= 0.6 is 0 Å². The van der Waals surface area contributed by atoms with Crippen LogP contribution in [0.2, 0.25) is 0 Å². The number of hydrogen-bond donors (Lipinski definition) is 1. The third kappa shape index (κ3) is 0.538. The molecule has 60 valence electrons. The molecular formula is C10H14O. The normalized spacial score (nSPS) is 59.4. The maximum atomic E-state index is 9.82. The summed E-state index contributed by atoms with van der Waals surface area (Å²) in [5.74, 6) is 2.59. The average molecular weight is 150 g/mol. The van der Waals surface area contributed by atoms with Crippen LogP contribution in [0.3, 0.4) is 0 Å². The monoisotopic (exact) mass is 150 g/mol. The molecule has 5 unspecified atom stereocenters. The molecule has 4 saturated carbocycles. The van der Waals surface area contributed by atoms with Gasteiger partial charge in [0.25, 0.3) is 0 Å². The Morgan fingerprint density at radius 1 is 1.36 bits per heavy atom. The first-order valence-electron chi connectivity index (χ1n) is 4.66. The SMILES string of the molecule is C=C1C2CC3CCC2C(O)C13. The quantitative estimate of drug-likeness (QED) is 0.520. The highest BCUT2D eigenvalue weighted by molar-refractivity contribution is 5.26. The Balaban J connectivity index is 2.09. The summed E-state index contributed by atoms with van der Waals surface area (Å²) in [6.07, 6.45) is 3.93. The number of hydrogen-bond acceptors (Lipinski definition) is 1. The Hall–Kier alpha value is -0.300. The predicted molar refractivity (Wildman–Crippen MR) is 43.0 cm³/mol. The lowest BCUT2D eigenvalue weighted by Gasteiger charge is -2.38. The molecule has 4 aliphatic rings. The maximum Gasteiger partial charge on any atom is 0.0641 e. The Morgan fingerprint density at radius 2 is 2.18 bits per heavy atom. The molecule has 5 atom stereocenters. The first kappa shape index (κ1) is 6.24. The van der Waals surface area contributed by atoms with Crippen molar-refractivity contribution in [3.05, 3.63) is 12.2 Å². The van der Waals surface area contributed by atoms with Crippen LogP contribution < -0.4 is 0 Å². The van der Waals surface area contributed by atoms with E-state index in [1.807, 2.05) is 0 Å². The van der Waals surface area contributed by atoms with E-state index in [0.717, 1.165) is 5.92 Å². The molecule has 0 aromatic rings. The lowest BCUT2D eigenvalue weighted by atomic mass is 9.69. The zero-order chi connectivity index (χ0) is 7.59. The van der Waals surface area contributed by atoms with Crippen molar-refractivity contribution in [2.24, 2.45) is 23.7 Å². The van der Waals surface area contributed by atoms with Crippen molar-refractivity contribution in [3.63, 3.8) is 0 Å².